The van der Waals surface area contributed by atoms with E-state index in [-0.39, 0.29) is 17.5 Å². The van der Waals surface area contributed by atoms with Gasteiger partial charge in [-0.1, -0.05) is 37.3 Å². The number of anilines is 1. The first kappa shape index (κ1) is 17.5. The zero-order valence-electron chi connectivity index (χ0n) is 14.1. The average Bonchev–Trinajstić information content (AvgIpc) is 2.58. The van der Waals surface area contributed by atoms with Gasteiger partial charge in [0.25, 0.3) is 0 Å². The lowest BCUT2D eigenvalue weighted by atomic mass is 10.0. The van der Waals surface area contributed by atoms with E-state index in [1.807, 2.05) is 38.1 Å². The van der Waals surface area contributed by atoms with Crippen molar-refractivity contribution in [3.8, 4) is 5.75 Å². The lowest BCUT2D eigenvalue weighted by Crippen LogP contribution is -2.36. The van der Waals surface area contributed by atoms with Gasteiger partial charge in [-0.25, -0.2) is 0 Å². The number of phenols is 1. The van der Waals surface area contributed by atoms with E-state index in [9.17, 15) is 14.7 Å². The second-order valence-corrected chi connectivity index (χ2v) is 5.77. The molecule has 0 aliphatic rings. The smallest absolute Gasteiger partial charge is 0.313 e. The van der Waals surface area contributed by atoms with Crippen molar-refractivity contribution in [2.75, 3.05) is 5.32 Å². The summed E-state index contributed by atoms with van der Waals surface area (Å²) < 4.78 is 0. The molecule has 0 spiro atoms. The molecule has 5 heteroatoms. The molecule has 0 bridgehead atoms. The Labute approximate surface area is 141 Å². The molecule has 2 aromatic carbocycles. The van der Waals surface area contributed by atoms with E-state index < -0.39 is 11.8 Å². The van der Waals surface area contributed by atoms with E-state index in [2.05, 4.69) is 17.6 Å². The van der Waals surface area contributed by atoms with Crippen LogP contribution < -0.4 is 10.6 Å². The Hall–Kier alpha value is -2.82. The highest BCUT2D eigenvalue weighted by Gasteiger charge is 2.18. The molecular formula is C19H22N2O3. The van der Waals surface area contributed by atoms with Crippen LogP contribution in [0.1, 0.15) is 36.6 Å². The lowest BCUT2D eigenvalue weighted by molar-refractivity contribution is -0.136. The predicted molar refractivity (Wildman–Crippen MR) is 93.9 cm³/mol. The Balaban J connectivity index is 2.00. The standard InChI is InChI=1S/C19H22N2O3/c1-4-14-6-8-15(9-7-14)13(3)20-18(23)19(24)21-16-11-12(2)5-10-17(16)22/h5-11,13,22H,4H2,1-3H3,(H,20,23)(H,21,24). The maximum absolute atomic E-state index is 12.0. The molecule has 0 heterocycles. The van der Waals surface area contributed by atoms with E-state index >= 15 is 0 Å². The molecule has 5 nitrogen and oxygen atoms in total. The van der Waals surface area contributed by atoms with Gasteiger partial charge < -0.3 is 15.7 Å². The number of phenolic OH excluding ortho intramolecular Hbond substituents is 1. The van der Waals surface area contributed by atoms with Crippen molar-refractivity contribution in [1.82, 2.24) is 5.32 Å². The number of hydrogen-bond donors (Lipinski definition) is 3. The van der Waals surface area contributed by atoms with Gasteiger partial charge in [0.15, 0.2) is 0 Å². The molecule has 2 rings (SSSR count). The minimum Gasteiger partial charge on any atom is -0.506 e. The highest BCUT2D eigenvalue weighted by Crippen LogP contribution is 2.23. The van der Waals surface area contributed by atoms with Crippen LogP contribution in [-0.4, -0.2) is 16.9 Å². The van der Waals surface area contributed by atoms with Crippen LogP contribution >= 0.6 is 0 Å². The number of aromatic hydroxyl groups is 1. The highest BCUT2D eigenvalue weighted by atomic mass is 16.3. The van der Waals surface area contributed by atoms with Crippen molar-refractivity contribution in [1.29, 1.82) is 0 Å². The maximum atomic E-state index is 12.0. The molecule has 0 fully saturated rings. The molecule has 0 aliphatic carbocycles. The van der Waals surface area contributed by atoms with Crippen LogP contribution in [0.5, 0.6) is 5.75 Å². The Bertz CT molecular complexity index is 739. The average molecular weight is 326 g/mol. The molecule has 0 aliphatic heterocycles. The molecular weight excluding hydrogens is 304 g/mol. The maximum Gasteiger partial charge on any atom is 0.313 e. The van der Waals surface area contributed by atoms with Crippen molar-refractivity contribution >= 4 is 17.5 Å². The summed E-state index contributed by atoms with van der Waals surface area (Å²) in [5.41, 5.74) is 3.22. The van der Waals surface area contributed by atoms with Crippen LogP contribution in [0, 0.1) is 6.92 Å². The minimum atomic E-state index is -0.812. The van der Waals surface area contributed by atoms with E-state index in [1.54, 1.807) is 12.1 Å². The summed E-state index contributed by atoms with van der Waals surface area (Å²) in [5, 5.41) is 14.8. The van der Waals surface area contributed by atoms with Crippen LogP contribution in [0.25, 0.3) is 0 Å². The topological polar surface area (TPSA) is 78.4 Å². The van der Waals surface area contributed by atoms with Gasteiger partial charge in [0.2, 0.25) is 0 Å². The predicted octanol–water partition coefficient (Wildman–Crippen LogP) is 3.08. The summed E-state index contributed by atoms with van der Waals surface area (Å²) >= 11 is 0. The Morgan fingerprint density at radius 3 is 2.38 bits per heavy atom. The molecule has 2 aromatic rings. The largest absolute Gasteiger partial charge is 0.506 e. The van der Waals surface area contributed by atoms with Crippen molar-refractivity contribution in [2.45, 2.75) is 33.2 Å². The zero-order valence-corrected chi connectivity index (χ0v) is 14.1. The van der Waals surface area contributed by atoms with Crippen molar-refractivity contribution < 1.29 is 14.7 Å². The number of hydrogen-bond acceptors (Lipinski definition) is 3. The van der Waals surface area contributed by atoms with Gasteiger partial charge in [-0.05, 0) is 49.1 Å². The number of benzene rings is 2. The van der Waals surface area contributed by atoms with E-state index in [0.717, 1.165) is 17.5 Å². The van der Waals surface area contributed by atoms with Gasteiger partial charge in [-0.15, -0.1) is 0 Å². The highest BCUT2D eigenvalue weighted by molar-refractivity contribution is 6.39. The van der Waals surface area contributed by atoms with Gasteiger partial charge in [0.05, 0.1) is 11.7 Å². The van der Waals surface area contributed by atoms with E-state index in [1.165, 1.54) is 11.6 Å². The summed E-state index contributed by atoms with van der Waals surface area (Å²) in [5.74, 6) is -1.64. The number of nitrogens with one attached hydrogen (secondary N) is 2. The molecule has 24 heavy (non-hydrogen) atoms. The Morgan fingerprint density at radius 1 is 1.08 bits per heavy atom. The fraction of sp³-hybridized carbons (Fsp3) is 0.263. The molecule has 0 saturated carbocycles. The summed E-state index contributed by atoms with van der Waals surface area (Å²) in [4.78, 5) is 24.1. The van der Waals surface area contributed by atoms with Crippen LogP contribution in [0.2, 0.25) is 0 Å². The fourth-order valence-corrected chi connectivity index (χ4v) is 2.32. The third-order valence-electron chi connectivity index (χ3n) is 3.84. The molecule has 0 aromatic heterocycles. The molecule has 0 radical (unpaired) electrons. The minimum absolute atomic E-state index is 0.0787. The van der Waals surface area contributed by atoms with Crippen LogP contribution in [0.15, 0.2) is 42.5 Å². The molecule has 126 valence electrons. The van der Waals surface area contributed by atoms with Gasteiger partial charge in [-0.2, -0.15) is 0 Å². The van der Waals surface area contributed by atoms with Crippen LogP contribution in [0.4, 0.5) is 5.69 Å². The second kappa shape index (κ2) is 7.64. The van der Waals surface area contributed by atoms with Gasteiger partial charge in [0.1, 0.15) is 5.75 Å². The van der Waals surface area contributed by atoms with Crippen LogP contribution in [0.3, 0.4) is 0 Å². The number of carbonyl (C=O) groups excluding carboxylic acids is 2. The molecule has 2 amide bonds. The summed E-state index contributed by atoms with van der Waals surface area (Å²) in [6.07, 6.45) is 0.948. The lowest BCUT2D eigenvalue weighted by Gasteiger charge is -2.15. The van der Waals surface area contributed by atoms with Gasteiger partial charge >= 0.3 is 11.8 Å². The van der Waals surface area contributed by atoms with Crippen molar-refractivity contribution in [3.63, 3.8) is 0 Å². The summed E-state index contributed by atoms with van der Waals surface area (Å²) in [6.45, 7) is 5.72. The Kier molecular flexibility index (Phi) is 5.58. The molecule has 1 unspecified atom stereocenters. The first-order valence-electron chi connectivity index (χ1n) is 7.91. The fourth-order valence-electron chi connectivity index (χ4n) is 2.32. The molecule has 3 N–H and O–H groups in total. The number of aryl methyl sites for hydroxylation is 2. The summed E-state index contributed by atoms with van der Waals surface area (Å²) in [6, 6.07) is 12.4. The number of carbonyl (C=O) groups is 2. The van der Waals surface area contributed by atoms with Gasteiger partial charge in [-0.3, -0.25) is 9.59 Å². The van der Waals surface area contributed by atoms with Crippen molar-refractivity contribution in [2.24, 2.45) is 0 Å². The van der Waals surface area contributed by atoms with Crippen LogP contribution in [-0.2, 0) is 16.0 Å². The van der Waals surface area contributed by atoms with E-state index in [0.29, 0.717) is 0 Å². The second-order valence-electron chi connectivity index (χ2n) is 5.77. The Morgan fingerprint density at radius 2 is 1.75 bits per heavy atom. The monoisotopic (exact) mass is 326 g/mol. The third-order valence-corrected chi connectivity index (χ3v) is 3.84. The molecule has 0 saturated heterocycles. The normalized spacial score (nSPS) is 11.6. The SMILES string of the molecule is CCc1ccc(C(C)NC(=O)C(=O)Nc2cc(C)ccc2O)cc1. The summed E-state index contributed by atoms with van der Waals surface area (Å²) in [7, 11) is 0. The third kappa shape index (κ3) is 4.35. The quantitative estimate of drug-likeness (QED) is 0.597. The van der Waals surface area contributed by atoms with Gasteiger partial charge in [0, 0.05) is 0 Å². The number of amides is 2. The number of rotatable bonds is 4. The van der Waals surface area contributed by atoms with E-state index in [4.69, 9.17) is 0 Å². The molecule has 1 atom stereocenters. The zero-order chi connectivity index (χ0) is 17.7. The van der Waals surface area contributed by atoms with Crippen molar-refractivity contribution in [3.05, 3.63) is 59.2 Å². The first-order valence-corrected chi connectivity index (χ1v) is 7.91. The first-order chi connectivity index (χ1) is 11.4.